The molecule has 138 valence electrons. The van der Waals surface area contributed by atoms with Gasteiger partial charge < -0.3 is 20.1 Å². The largest absolute Gasteiger partial charge is 0.494 e. The van der Waals surface area contributed by atoms with E-state index in [0.29, 0.717) is 23.4 Å². The molecule has 8 heteroatoms. The Morgan fingerprint density at radius 2 is 1.04 bits per heavy atom. The third-order valence-electron chi connectivity index (χ3n) is 3.14. The summed E-state index contributed by atoms with van der Waals surface area (Å²) in [4.78, 5) is 0. The maximum atomic E-state index is 5.40. The van der Waals surface area contributed by atoms with Crippen molar-refractivity contribution in [1.29, 1.82) is 0 Å². The van der Waals surface area contributed by atoms with Gasteiger partial charge in [-0.3, -0.25) is 10.9 Å². The first-order chi connectivity index (χ1) is 12.6. The van der Waals surface area contributed by atoms with E-state index in [4.69, 9.17) is 33.9 Å². The molecule has 4 N–H and O–H groups in total. The highest BCUT2D eigenvalue weighted by molar-refractivity contribution is 7.81. The molecule has 0 aliphatic rings. The fourth-order valence-corrected chi connectivity index (χ4v) is 2.38. The van der Waals surface area contributed by atoms with Gasteiger partial charge in [0.2, 0.25) is 0 Å². The summed E-state index contributed by atoms with van der Waals surface area (Å²) in [5.74, 6) is 1.63. The van der Waals surface area contributed by atoms with Gasteiger partial charge in [0.05, 0.1) is 13.2 Å². The van der Waals surface area contributed by atoms with E-state index >= 15 is 0 Å². The molecule has 0 saturated heterocycles. The molecule has 0 heterocycles. The van der Waals surface area contributed by atoms with Gasteiger partial charge in [0.15, 0.2) is 10.2 Å². The number of hydrogen-bond acceptors (Lipinski definition) is 4. The van der Waals surface area contributed by atoms with Gasteiger partial charge in [-0.05, 0) is 86.8 Å². The summed E-state index contributed by atoms with van der Waals surface area (Å²) in [7, 11) is 0. The van der Waals surface area contributed by atoms with Crippen LogP contribution in [0.2, 0.25) is 0 Å². The highest BCUT2D eigenvalue weighted by Gasteiger charge is 2.01. The predicted octanol–water partition coefficient (Wildman–Crippen LogP) is 3.67. The van der Waals surface area contributed by atoms with Crippen LogP contribution in [0.4, 0.5) is 11.4 Å². The number of rotatable bonds is 6. The van der Waals surface area contributed by atoms with E-state index in [1.165, 1.54) is 0 Å². The van der Waals surface area contributed by atoms with Crippen LogP contribution in [-0.4, -0.2) is 23.4 Å². The predicted molar refractivity (Wildman–Crippen MR) is 114 cm³/mol. The van der Waals surface area contributed by atoms with Gasteiger partial charge in [-0.25, -0.2) is 0 Å². The summed E-state index contributed by atoms with van der Waals surface area (Å²) in [6, 6.07) is 15.0. The SMILES string of the molecule is CCOc1ccc(NC(=S)NNC(=S)Nc2ccc(OCC)cc2)cc1. The molecule has 0 amide bonds. The summed E-state index contributed by atoms with van der Waals surface area (Å²) >= 11 is 10.5. The molecule has 0 atom stereocenters. The first-order valence-electron chi connectivity index (χ1n) is 8.20. The van der Waals surface area contributed by atoms with Crippen LogP contribution in [0.3, 0.4) is 0 Å². The zero-order chi connectivity index (χ0) is 18.8. The average Bonchev–Trinajstić information content (AvgIpc) is 2.64. The van der Waals surface area contributed by atoms with Crippen molar-refractivity contribution in [1.82, 2.24) is 10.9 Å². The van der Waals surface area contributed by atoms with E-state index in [1.54, 1.807) is 0 Å². The van der Waals surface area contributed by atoms with E-state index in [1.807, 2.05) is 62.4 Å². The van der Waals surface area contributed by atoms with Crippen molar-refractivity contribution in [2.45, 2.75) is 13.8 Å². The minimum absolute atomic E-state index is 0.394. The second-order valence-electron chi connectivity index (χ2n) is 5.07. The highest BCUT2D eigenvalue weighted by Crippen LogP contribution is 2.16. The Morgan fingerprint density at radius 3 is 1.35 bits per heavy atom. The lowest BCUT2D eigenvalue weighted by atomic mass is 10.3. The van der Waals surface area contributed by atoms with Crippen LogP contribution in [0.15, 0.2) is 48.5 Å². The Hall–Kier alpha value is -2.58. The fourth-order valence-electron chi connectivity index (χ4n) is 2.04. The fraction of sp³-hybridized carbons (Fsp3) is 0.222. The second-order valence-corrected chi connectivity index (χ2v) is 5.89. The standard InChI is InChI=1S/C18H22N4O2S2/c1-3-23-15-9-5-13(6-10-15)19-17(25)21-22-18(26)20-14-7-11-16(12-8-14)24-4-2/h5-12H,3-4H2,1-2H3,(H2,19,21,25)(H2,20,22,26). The average molecular weight is 391 g/mol. The van der Waals surface area contributed by atoms with E-state index in [2.05, 4.69) is 21.5 Å². The Labute approximate surface area is 164 Å². The highest BCUT2D eigenvalue weighted by atomic mass is 32.1. The van der Waals surface area contributed by atoms with Crippen LogP contribution in [0, 0.1) is 0 Å². The summed E-state index contributed by atoms with van der Waals surface area (Å²) in [5.41, 5.74) is 7.36. The Morgan fingerprint density at radius 1 is 0.692 bits per heavy atom. The molecule has 0 spiro atoms. The molecule has 0 bridgehead atoms. The number of nitrogens with one attached hydrogen (secondary N) is 4. The lowest BCUT2D eigenvalue weighted by Crippen LogP contribution is -2.45. The molecule has 6 nitrogen and oxygen atoms in total. The van der Waals surface area contributed by atoms with Gasteiger partial charge in [-0.1, -0.05) is 0 Å². The molecule has 2 aromatic rings. The molecular weight excluding hydrogens is 368 g/mol. The van der Waals surface area contributed by atoms with Gasteiger partial charge in [0.1, 0.15) is 11.5 Å². The van der Waals surface area contributed by atoms with Crippen molar-refractivity contribution in [3.8, 4) is 11.5 Å². The maximum Gasteiger partial charge on any atom is 0.189 e. The maximum absolute atomic E-state index is 5.40. The van der Waals surface area contributed by atoms with Crippen molar-refractivity contribution < 1.29 is 9.47 Å². The minimum Gasteiger partial charge on any atom is -0.494 e. The topological polar surface area (TPSA) is 66.6 Å². The Bertz CT molecular complexity index is 657. The van der Waals surface area contributed by atoms with Crippen LogP contribution >= 0.6 is 24.4 Å². The van der Waals surface area contributed by atoms with Crippen LogP contribution in [0.1, 0.15) is 13.8 Å². The van der Waals surface area contributed by atoms with Gasteiger partial charge in [0.25, 0.3) is 0 Å². The molecule has 0 aromatic heterocycles. The number of thiocarbonyl (C=S) groups is 2. The van der Waals surface area contributed by atoms with Gasteiger partial charge in [0, 0.05) is 11.4 Å². The van der Waals surface area contributed by atoms with Crippen molar-refractivity contribution in [3.63, 3.8) is 0 Å². The molecule has 26 heavy (non-hydrogen) atoms. The molecule has 0 aliphatic carbocycles. The first-order valence-corrected chi connectivity index (χ1v) is 9.02. The number of hydrazine groups is 1. The van der Waals surface area contributed by atoms with E-state index < -0.39 is 0 Å². The monoisotopic (exact) mass is 390 g/mol. The number of benzene rings is 2. The van der Waals surface area contributed by atoms with Crippen molar-refractivity contribution >= 4 is 46.0 Å². The van der Waals surface area contributed by atoms with Crippen LogP contribution in [0.25, 0.3) is 0 Å². The number of hydrogen-bond donors (Lipinski definition) is 4. The third-order valence-corrected chi connectivity index (χ3v) is 3.54. The molecule has 0 unspecified atom stereocenters. The summed E-state index contributed by atoms with van der Waals surface area (Å²) < 4.78 is 10.8. The smallest absolute Gasteiger partial charge is 0.189 e. The Balaban J connectivity index is 1.74. The van der Waals surface area contributed by atoms with Gasteiger partial charge in [-0.15, -0.1) is 0 Å². The van der Waals surface area contributed by atoms with E-state index in [0.717, 1.165) is 22.9 Å². The molecule has 0 aliphatic heterocycles. The van der Waals surface area contributed by atoms with Crippen LogP contribution in [-0.2, 0) is 0 Å². The van der Waals surface area contributed by atoms with Crippen LogP contribution < -0.4 is 31.0 Å². The first kappa shape index (κ1) is 19.7. The van der Waals surface area contributed by atoms with E-state index in [9.17, 15) is 0 Å². The molecule has 2 aromatic carbocycles. The molecule has 0 radical (unpaired) electrons. The van der Waals surface area contributed by atoms with Crippen molar-refractivity contribution in [2.75, 3.05) is 23.8 Å². The van der Waals surface area contributed by atoms with Crippen LogP contribution in [0.5, 0.6) is 11.5 Å². The minimum atomic E-state index is 0.394. The Kier molecular flexibility index (Phi) is 7.91. The summed E-state index contributed by atoms with van der Waals surface area (Å²) in [5, 5.41) is 6.89. The molecule has 0 fully saturated rings. The van der Waals surface area contributed by atoms with E-state index in [-0.39, 0.29) is 0 Å². The summed E-state index contributed by atoms with van der Waals surface area (Å²) in [6.45, 7) is 5.16. The third kappa shape index (κ3) is 6.73. The molecule has 0 saturated carbocycles. The summed E-state index contributed by atoms with van der Waals surface area (Å²) in [6.07, 6.45) is 0. The van der Waals surface area contributed by atoms with Crippen molar-refractivity contribution in [3.05, 3.63) is 48.5 Å². The van der Waals surface area contributed by atoms with Crippen molar-refractivity contribution in [2.24, 2.45) is 0 Å². The molecular formula is C18H22N4O2S2. The zero-order valence-electron chi connectivity index (χ0n) is 14.7. The zero-order valence-corrected chi connectivity index (χ0v) is 16.3. The lowest BCUT2D eigenvalue weighted by molar-refractivity contribution is 0.340. The number of anilines is 2. The number of ether oxygens (including phenoxy) is 2. The molecule has 2 rings (SSSR count). The van der Waals surface area contributed by atoms with Gasteiger partial charge in [-0.2, -0.15) is 0 Å². The quantitative estimate of drug-likeness (QED) is 0.440. The van der Waals surface area contributed by atoms with Gasteiger partial charge >= 0.3 is 0 Å². The second kappa shape index (κ2) is 10.4. The lowest BCUT2D eigenvalue weighted by Gasteiger charge is -2.14. The normalized spacial score (nSPS) is 9.77.